The third-order valence-corrected chi connectivity index (χ3v) is 4.58. The van der Waals surface area contributed by atoms with Crippen LogP contribution in [0.25, 0.3) is 0 Å². The van der Waals surface area contributed by atoms with E-state index in [2.05, 4.69) is 0 Å². The maximum Gasteiger partial charge on any atom is 0.416 e. The molecule has 132 valence electrons. The lowest BCUT2D eigenvalue weighted by Gasteiger charge is -2.27. The van der Waals surface area contributed by atoms with Crippen molar-refractivity contribution in [2.45, 2.75) is 56.7 Å². The van der Waals surface area contributed by atoms with E-state index in [9.17, 15) is 18.0 Å². The van der Waals surface area contributed by atoms with Crippen LogP contribution in [0.15, 0.2) is 24.3 Å². The van der Waals surface area contributed by atoms with E-state index in [-0.39, 0.29) is 30.2 Å². The average molecular weight is 342 g/mol. The molecule has 1 aromatic carbocycles. The quantitative estimate of drug-likeness (QED) is 0.895. The van der Waals surface area contributed by atoms with Crippen LogP contribution in [0.5, 0.6) is 0 Å². The molecule has 2 aliphatic rings. The molecule has 1 amide bonds. The van der Waals surface area contributed by atoms with E-state index in [1.807, 2.05) is 0 Å². The molecule has 1 saturated heterocycles. The smallest absolute Gasteiger partial charge is 0.364 e. The van der Waals surface area contributed by atoms with Crippen molar-refractivity contribution in [2.24, 2.45) is 5.73 Å². The summed E-state index contributed by atoms with van der Waals surface area (Å²) in [6.07, 6.45) is -2.21. The molecule has 7 heteroatoms. The first kappa shape index (κ1) is 17.2. The minimum Gasteiger partial charge on any atom is -0.364 e. The van der Waals surface area contributed by atoms with Gasteiger partial charge in [0.05, 0.1) is 11.7 Å². The van der Waals surface area contributed by atoms with E-state index in [4.69, 9.17) is 10.5 Å². The van der Waals surface area contributed by atoms with Crippen molar-refractivity contribution in [2.75, 3.05) is 6.54 Å². The lowest BCUT2D eigenvalue weighted by Crippen LogP contribution is -2.41. The van der Waals surface area contributed by atoms with Crippen molar-refractivity contribution in [3.8, 4) is 0 Å². The first-order valence-electron chi connectivity index (χ1n) is 8.21. The Morgan fingerprint density at radius 3 is 2.50 bits per heavy atom. The molecule has 2 fully saturated rings. The zero-order valence-electron chi connectivity index (χ0n) is 13.3. The molecular weight excluding hydrogens is 321 g/mol. The van der Waals surface area contributed by atoms with Gasteiger partial charge in [0.25, 0.3) is 5.91 Å². The minimum atomic E-state index is -4.43. The first-order valence-corrected chi connectivity index (χ1v) is 8.21. The third kappa shape index (κ3) is 3.72. The van der Waals surface area contributed by atoms with Crippen molar-refractivity contribution in [1.82, 2.24) is 4.90 Å². The van der Waals surface area contributed by atoms with Crippen LogP contribution in [0.4, 0.5) is 13.2 Å². The Bertz CT molecular complexity index is 602. The number of amides is 1. The lowest BCUT2D eigenvalue weighted by atomic mass is 10.1. The van der Waals surface area contributed by atoms with Crippen molar-refractivity contribution < 1.29 is 22.7 Å². The zero-order chi connectivity index (χ0) is 17.3. The summed E-state index contributed by atoms with van der Waals surface area (Å²) in [6, 6.07) is 5.43. The van der Waals surface area contributed by atoms with Crippen LogP contribution in [0, 0.1) is 0 Å². The molecule has 0 unspecified atom stereocenters. The molecule has 2 atom stereocenters. The Morgan fingerprint density at radius 2 is 1.92 bits per heavy atom. The first-order chi connectivity index (χ1) is 11.4. The van der Waals surface area contributed by atoms with E-state index < -0.39 is 17.8 Å². The highest BCUT2D eigenvalue weighted by molar-refractivity contribution is 5.82. The summed E-state index contributed by atoms with van der Waals surface area (Å²) in [7, 11) is 0. The number of carbonyl (C=O) groups excluding carboxylic acids is 1. The van der Waals surface area contributed by atoms with Crippen LogP contribution >= 0.6 is 0 Å². The summed E-state index contributed by atoms with van der Waals surface area (Å²) < 4.78 is 45.1. The van der Waals surface area contributed by atoms with E-state index in [0.717, 1.165) is 18.9 Å². The minimum absolute atomic E-state index is 0.0133. The molecule has 1 aromatic rings. The van der Waals surface area contributed by atoms with Crippen LogP contribution in [0.2, 0.25) is 0 Å². The van der Waals surface area contributed by atoms with Gasteiger partial charge in [-0.1, -0.05) is 18.2 Å². The monoisotopic (exact) mass is 342 g/mol. The highest BCUT2D eigenvalue weighted by Crippen LogP contribution is 2.36. The average Bonchev–Trinajstić information content (AvgIpc) is 3.27. The molecule has 1 aliphatic heterocycles. The van der Waals surface area contributed by atoms with Gasteiger partial charge in [-0.05, 0) is 37.3 Å². The number of carbonyl (C=O) groups is 1. The number of rotatable bonds is 5. The third-order valence-electron chi connectivity index (χ3n) is 4.58. The van der Waals surface area contributed by atoms with Crippen molar-refractivity contribution in [3.05, 3.63) is 35.4 Å². The second-order valence-corrected chi connectivity index (χ2v) is 6.41. The highest BCUT2D eigenvalue weighted by atomic mass is 19.4. The molecule has 0 radical (unpaired) electrons. The predicted molar refractivity (Wildman–Crippen MR) is 82.0 cm³/mol. The highest BCUT2D eigenvalue weighted by Gasteiger charge is 2.40. The van der Waals surface area contributed by atoms with Gasteiger partial charge in [-0.15, -0.1) is 0 Å². The van der Waals surface area contributed by atoms with Gasteiger partial charge in [-0.25, -0.2) is 0 Å². The van der Waals surface area contributed by atoms with E-state index in [1.54, 1.807) is 11.0 Å². The maximum absolute atomic E-state index is 13.2. The molecule has 0 aromatic heterocycles. The fourth-order valence-electron chi connectivity index (χ4n) is 3.14. The Hall–Kier alpha value is -1.60. The number of hydrogen-bond donors (Lipinski definition) is 1. The van der Waals surface area contributed by atoms with Gasteiger partial charge in [-0.3, -0.25) is 4.79 Å². The van der Waals surface area contributed by atoms with Gasteiger partial charge in [0, 0.05) is 19.1 Å². The number of nitrogens with two attached hydrogens (primary N) is 1. The summed E-state index contributed by atoms with van der Waals surface area (Å²) in [5.41, 5.74) is 5.00. The maximum atomic E-state index is 13.2. The molecule has 3 rings (SSSR count). The summed E-state index contributed by atoms with van der Waals surface area (Å²) in [4.78, 5) is 14.3. The standard InChI is InChI=1S/C17H21F3N2O2/c18-17(19,20)14-4-2-1-3-11(14)10-22(12-5-6-12)16(23)15-8-7-13(9-21)24-15/h1-4,12-13,15H,5-10,21H2/t13-,15+/m1/s1. The van der Waals surface area contributed by atoms with Gasteiger partial charge >= 0.3 is 6.18 Å². The van der Waals surface area contributed by atoms with Crippen LogP contribution < -0.4 is 5.73 Å². The fraction of sp³-hybridized carbons (Fsp3) is 0.588. The number of alkyl halides is 3. The number of benzene rings is 1. The molecule has 1 saturated carbocycles. The molecule has 4 nitrogen and oxygen atoms in total. The number of halogens is 3. The van der Waals surface area contributed by atoms with Crippen molar-refractivity contribution >= 4 is 5.91 Å². The summed E-state index contributed by atoms with van der Waals surface area (Å²) in [6.45, 7) is 0.316. The Kier molecular flexibility index (Phi) is 4.83. The Balaban J connectivity index is 1.77. The van der Waals surface area contributed by atoms with Crippen LogP contribution in [-0.2, 0) is 22.3 Å². The molecule has 2 N–H and O–H groups in total. The van der Waals surface area contributed by atoms with Crippen LogP contribution in [0.3, 0.4) is 0 Å². The van der Waals surface area contributed by atoms with E-state index in [0.29, 0.717) is 19.4 Å². The van der Waals surface area contributed by atoms with Crippen LogP contribution in [-0.4, -0.2) is 35.6 Å². The second-order valence-electron chi connectivity index (χ2n) is 6.41. The van der Waals surface area contributed by atoms with Gasteiger partial charge in [0.2, 0.25) is 0 Å². The van der Waals surface area contributed by atoms with Crippen molar-refractivity contribution in [1.29, 1.82) is 0 Å². The van der Waals surface area contributed by atoms with Gasteiger partial charge in [0.15, 0.2) is 0 Å². The summed E-state index contributed by atoms with van der Waals surface area (Å²) in [5.74, 6) is -0.217. The SMILES string of the molecule is NC[C@H]1CC[C@@H](C(=O)N(Cc2ccccc2C(F)(F)F)C2CC2)O1. The normalized spacial score (nSPS) is 24.2. The van der Waals surface area contributed by atoms with Gasteiger partial charge in [0.1, 0.15) is 6.10 Å². The van der Waals surface area contributed by atoms with Crippen molar-refractivity contribution in [3.63, 3.8) is 0 Å². The lowest BCUT2D eigenvalue weighted by molar-refractivity contribution is -0.145. The molecule has 24 heavy (non-hydrogen) atoms. The molecular formula is C17H21F3N2O2. The molecule has 1 heterocycles. The Morgan fingerprint density at radius 1 is 1.21 bits per heavy atom. The number of hydrogen-bond acceptors (Lipinski definition) is 3. The number of nitrogens with zero attached hydrogens (tertiary/aromatic N) is 1. The van der Waals surface area contributed by atoms with E-state index >= 15 is 0 Å². The van der Waals surface area contributed by atoms with Gasteiger partial charge in [-0.2, -0.15) is 13.2 Å². The molecule has 1 aliphatic carbocycles. The van der Waals surface area contributed by atoms with Gasteiger partial charge < -0.3 is 15.4 Å². The largest absolute Gasteiger partial charge is 0.416 e. The van der Waals surface area contributed by atoms with E-state index in [1.165, 1.54) is 12.1 Å². The predicted octanol–water partition coefficient (Wildman–Crippen LogP) is 2.70. The number of ether oxygens (including phenoxy) is 1. The summed E-state index contributed by atoms with van der Waals surface area (Å²) >= 11 is 0. The summed E-state index contributed by atoms with van der Waals surface area (Å²) in [5, 5.41) is 0. The molecule has 0 bridgehead atoms. The second kappa shape index (κ2) is 6.72. The molecule has 0 spiro atoms. The Labute approximate surface area is 138 Å². The zero-order valence-corrected chi connectivity index (χ0v) is 13.3. The topological polar surface area (TPSA) is 55.6 Å². The fourth-order valence-corrected chi connectivity index (χ4v) is 3.14. The van der Waals surface area contributed by atoms with Crippen LogP contribution in [0.1, 0.15) is 36.8 Å².